The largest absolute Gasteiger partial charge is 0.481 e. The van der Waals surface area contributed by atoms with E-state index in [2.05, 4.69) is 15.9 Å². The summed E-state index contributed by atoms with van der Waals surface area (Å²) in [5, 5.41) is 8.54. The maximum atomic E-state index is 13.5. The topological polar surface area (TPSA) is 37.3 Å². The number of carbonyl (C=O) groups is 1. The van der Waals surface area contributed by atoms with Crippen molar-refractivity contribution >= 4 is 21.9 Å². The van der Waals surface area contributed by atoms with Crippen molar-refractivity contribution in [2.75, 3.05) is 0 Å². The van der Waals surface area contributed by atoms with Crippen molar-refractivity contribution in [3.63, 3.8) is 0 Å². The van der Waals surface area contributed by atoms with Gasteiger partial charge < -0.3 is 5.11 Å². The third-order valence-corrected chi connectivity index (χ3v) is 2.67. The second-order valence-corrected chi connectivity index (χ2v) is 4.11. The Morgan fingerprint density at radius 3 is 2.27 bits per heavy atom. The van der Waals surface area contributed by atoms with E-state index in [1.165, 1.54) is 24.3 Å². The van der Waals surface area contributed by atoms with Gasteiger partial charge in [0, 0.05) is 10.0 Å². The molecule has 0 amide bonds. The highest BCUT2D eigenvalue weighted by molar-refractivity contribution is 9.10. The highest BCUT2D eigenvalue weighted by atomic mass is 79.9. The van der Waals surface area contributed by atoms with Crippen LogP contribution in [0.4, 0.5) is 8.78 Å². The van der Waals surface area contributed by atoms with Crippen LogP contribution in [-0.4, -0.2) is 11.1 Å². The summed E-state index contributed by atoms with van der Waals surface area (Å²) in [6, 6.07) is 5.34. The molecule has 82 valence electrons. The molecule has 0 spiro atoms. The van der Waals surface area contributed by atoms with Crippen LogP contribution in [0.3, 0.4) is 0 Å². The number of benzene rings is 1. The van der Waals surface area contributed by atoms with Crippen LogP contribution in [0.15, 0.2) is 28.7 Å². The van der Waals surface area contributed by atoms with Gasteiger partial charge in [0.1, 0.15) is 5.92 Å². The summed E-state index contributed by atoms with van der Waals surface area (Å²) in [5.41, 5.74) is -0.291. The van der Waals surface area contributed by atoms with Gasteiger partial charge in [0.25, 0.3) is 5.92 Å². The molecule has 1 N–H and O–H groups in total. The van der Waals surface area contributed by atoms with Crippen molar-refractivity contribution in [1.29, 1.82) is 0 Å². The summed E-state index contributed by atoms with van der Waals surface area (Å²) < 4.78 is 27.7. The van der Waals surface area contributed by atoms with E-state index in [1.54, 1.807) is 0 Å². The first-order valence-electron chi connectivity index (χ1n) is 4.22. The van der Waals surface area contributed by atoms with E-state index < -0.39 is 17.8 Å². The summed E-state index contributed by atoms with van der Waals surface area (Å²) in [5.74, 6) is -6.60. The predicted octanol–water partition coefficient (Wildman–Crippen LogP) is 3.26. The van der Waals surface area contributed by atoms with Crippen LogP contribution in [-0.2, 0) is 10.7 Å². The molecule has 1 unspecified atom stereocenters. The third-order valence-electron chi connectivity index (χ3n) is 2.14. The highest BCUT2D eigenvalue weighted by Crippen LogP contribution is 2.36. The zero-order valence-corrected chi connectivity index (χ0v) is 9.46. The number of aliphatic carboxylic acids is 1. The maximum Gasteiger partial charge on any atom is 0.312 e. The quantitative estimate of drug-likeness (QED) is 0.922. The lowest BCUT2D eigenvalue weighted by atomic mass is 9.96. The number of rotatable bonds is 3. The lowest BCUT2D eigenvalue weighted by Crippen LogP contribution is -2.29. The van der Waals surface area contributed by atoms with Crippen LogP contribution in [0.5, 0.6) is 0 Å². The zero-order valence-electron chi connectivity index (χ0n) is 7.88. The maximum absolute atomic E-state index is 13.5. The van der Waals surface area contributed by atoms with Crippen LogP contribution < -0.4 is 0 Å². The molecular weight excluding hydrogens is 270 g/mol. The predicted molar refractivity (Wildman–Crippen MR) is 54.8 cm³/mol. The molecule has 0 heterocycles. The molecule has 15 heavy (non-hydrogen) atoms. The van der Waals surface area contributed by atoms with Gasteiger partial charge in [-0.2, -0.15) is 0 Å². The SMILES string of the molecule is CC(C(=O)O)C(F)(F)c1ccc(Br)cc1. The Morgan fingerprint density at radius 2 is 1.87 bits per heavy atom. The molecule has 2 nitrogen and oxygen atoms in total. The lowest BCUT2D eigenvalue weighted by Gasteiger charge is -2.20. The van der Waals surface area contributed by atoms with Crippen molar-refractivity contribution in [2.24, 2.45) is 5.92 Å². The first-order valence-corrected chi connectivity index (χ1v) is 5.01. The minimum atomic E-state index is -3.35. The van der Waals surface area contributed by atoms with E-state index >= 15 is 0 Å². The molecule has 0 aliphatic rings. The normalized spacial score (nSPS) is 13.6. The van der Waals surface area contributed by atoms with Crippen molar-refractivity contribution in [3.8, 4) is 0 Å². The van der Waals surface area contributed by atoms with Gasteiger partial charge in [0.15, 0.2) is 0 Å². The summed E-state index contributed by atoms with van der Waals surface area (Å²) >= 11 is 3.12. The Kier molecular flexibility index (Phi) is 3.44. The molecule has 0 saturated heterocycles. The van der Waals surface area contributed by atoms with Crippen molar-refractivity contribution in [3.05, 3.63) is 34.3 Å². The van der Waals surface area contributed by atoms with Gasteiger partial charge in [0.2, 0.25) is 0 Å². The van der Waals surface area contributed by atoms with Gasteiger partial charge in [-0.05, 0) is 19.1 Å². The van der Waals surface area contributed by atoms with Crippen LogP contribution in [0.2, 0.25) is 0 Å². The van der Waals surface area contributed by atoms with Gasteiger partial charge in [-0.25, -0.2) is 8.78 Å². The van der Waals surface area contributed by atoms with Crippen molar-refractivity contribution < 1.29 is 18.7 Å². The average Bonchev–Trinajstić information content (AvgIpc) is 2.17. The molecule has 0 fully saturated rings. The molecule has 0 bridgehead atoms. The molecule has 0 aliphatic carbocycles. The second-order valence-electron chi connectivity index (χ2n) is 3.19. The number of halogens is 3. The van der Waals surface area contributed by atoms with Gasteiger partial charge in [-0.3, -0.25) is 4.79 Å². The fourth-order valence-electron chi connectivity index (χ4n) is 1.08. The fourth-order valence-corrected chi connectivity index (χ4v) is 1.34. The van der Waals surface area contributed by atoms with Crippen LogP contribution in [0.25, 0.3) is 0 Å². The Labute approximate surface area is 94.0 Å². The van der Waals surface area contributed by atoms with Gasteiger partial charge >= 0.3 is 5.97 Å². The summed E-state index contributed by atoms with van der Waals surface area (Å²) in [6.45, 7) is 0.990. The molecule has 0 saturated carbocycles. The van der Waals surface area contributed by atoms with E-state index in [4.69, 9.17) is 5.11 Å². The van der Waals surface area contributed by atoms with E-state index in [0.717, 1.165) is 6.92 Å². The van der Waals surface area contributed by atoms with E-state index in [0.29, 0.717) is 4.47 Å². The smallest absolute Gasteiger partial charge is 0.312 e. The van der Waals surface area contributed by atoms with Crippen LogP contribution >= 0.6 is 15.9 Å². The van der Waals surface area contributed by atoms with Gasteiger partial charge in [0.05, 0.1) is 0 Å². The molecule has 0 aliphatic heterocycles. The average molecular weight is 279 g/mol. The number of hydrogen-bond acceptors (Lipinski definition) is 1. The van der Waals surface area contributed by atoms with E-state index in [9.17, 15) is 13.6 Å². The minimum absolute atomic E-state index is 0.291. The fraction of sp³-hybridized carbons (Fsp3) is 0.300. The first-order chi connectivity index (χ1) is 6.85. The van der Waals surface area contributed by atoms with Crippen LogP contribution in [0.1, 0.15) is 12.5 Å². The zero-order chi connectivity index (χ0) is 11.6. The van der Waals surface area contributed by atoms with Crippen molar-refractivity contribution in [1.82, 2.24) is 0 Å². The first kappa shape index (κ1) is 12.1. The molecule has 1 rings (SSSR count). The molecule has 0 radical (unpaired) electrons. The highest BCUT2D eigenvalue weighted by Gasteiger charge is 2.42. The summed E-state index contributed by atoms with van der Waals surface area (Å²) in [6.07, 6.45) is 0. The van der Waals surface area contributed by atoms with Gasteiger partial charge in [-0.15, -0.1) is 0 Å². The number of carboxylic acids is 1. The Morgan fingerprint density at radius 1 is 1.40 bits per heavy atom. The Balaban J connectivity index is 3.05. The Hall–Kier alpha value is -0.970. The van der Waals surface area contributed by atoms with Gasteiger partial charge in [-0.1, -0.05) is 28.1 Å². The van der Waals surface area contributed by atoms with Crippen molar-refractivity contribution in [2.45, 2.75) is 12.8 Å². The van der Waals surface area contributed by atoms with E-state index in [1.807, 2.05) is 0 Å². The monoisotopic (exact) mass is 278 g/mol. The Bertz CT molecular complexity index is 362. The second kappa shape index (κ2) is 4.26. The molecule has 5 heteroatoms. The van der Waals surface area contributed by atoms with E-state index in [-0.39, 0.29) is 5.56 Å². The number of alkyl halides is 2. The molecule has 1 atom stereocenters. The molecule has 1 aromatic rings. The minimum Gasteiger partial charge on any atom is -0.481 e. The third kappa shape index (κ3) is 2.53. The molecule has 1 aromatic carbocycles. The summed E-state index contributed by atoms with van der Waals surface area (Å²) in [4.78, 5) is 10.5. The number of carboxylic acid groups (broad SMARTS) is 1. The summed E-state index contributed by atoms with van der Waals surface area (Å²) in [7, 11) is 0. The van der Waals surface area contributed by atoms with Crippen LogP contribution in [0, 0.1) is 5.92 Å². The number of hydrogen-bond donors (Lipinski definition) is 1. The molecule has 0 aromatic heterocycles. The standard InChI is InChI=1S/C10H9BrF2O2/c1-6(9(14)15)10(12,13)7-2-4-8(11)5-3-7/h2-6H,1H3,(H,14,15). The molecular formula is C10H9BrF2O2. The lowest BCUT2D eigenvalue weighted by molar-refractivity contribution is -0.156.